The summed E-state index contributed by atoms with van der Waals surface area (Å²) in [5.41, 5.74) is 3.86. The number of nitriles is 1. The maximum absolute atomic E-state index is 8.79. The number of hydrogen-bond donors (Lipinski definition) is 0. The molecule has 2 aromatic carbocycles. The minimum atomic E-state index is 0.665. The van der Waals surface area contributed by atoms with Crippen LogP contribution in [0.5, 0.6) is 0 Å². The van der Waals surface area contributed by atoms with Gasteiger partial charge in [0.25, 0.3) is 0 Å². The molecule has 1 aliphatic rings. The van der Waals surface area contributed by atoms with E-state index >= 15 is 0 Å². The fourth-order valence-electron chi connectivity index (χ4n) is 2.61. The molecular weight excluding hydrogens is 284 g/mol. The van der Waals surface area contributed by atoms with Crippen LogP contribution < -0.4 is 4.90 Å². The molecular formula is C19H20N4. The lowest BCUT2D eigenvalue weighted by Crippen LogP contribution is -2.44. The quantitative estimate of drug-likeness (QED) is 0.819. The molecule has 0 aromatic heterocycles. The molecule has 2 aromatic rings. The molecule has 0 spiro atoms. The summed E-state index contributed by atoms with van der Waals surface area (Å²) in [7, 11) is 2.16. The molecule has 0 N–H and O–H groups in total. The van der Waals surface area contributed by atoms with Crippen molar-refractivity contribution in [2.75, 3.05) is 38.1 Å². The first-order valence-corrected chi connectivity index (χ1v) is 7.82. The molecule has 0 bridgehead atoms. The first-order chi connectivity index (χ1) is 11.2. The Hall–Kier alpha value is -2.64. The molecule has 0 radical (unpaired) electrons. The van der Waals surface area contributed by atoms with Crippen molar-refractivity contribution in [3.05, 3.63) is 59.7 Å². The predicted molar refractivity (Wildman–Crippen MR) is 94.6 cm³/mol. The monoisotopic (exact) mass is 304 g/mol. The van der Waals surface area contributed by atoms with Gasteiger partial charge in [-0.25, -0.2) is 0 Å². The van der Waals surface area contributed by atoms with Crippen molar-refractivity contribution in [3.63, 3.8) is 0 Å². The van der Waals surface area contributed by atoms with Crippen molar-refractivity contribution in [1.29, 1.82) is 5.26 Å². The summed E-state index contributed by atoms with van der Waals surface area (Å²) in [6.07, 6.45) is 1.83. The molecule has 0 atom stereocenters. The molecule has 3 rings (SSSR count). The smallest absolute Gasteiger partial charge is 0.0991 e. The van der Waals surface area contributed by atoms with Crippen LogP contribution in [0, 0.1) is 11.3 Å². The second-order valence-corrected chi connectivity index (χ2v) is 5.80. The van der Waals surface area contributed by atoms with E-state index in [1.54, 1.807) is 12.1 Å². The zero-order valence-corrected chi connectivity index (χ0v) is 13.3. The van der Waals surface area contributed by atoms with Gasteiger partial charge in [0.1, 0.15) is 0 Å². The summed E-state index contributed by atoms with van der Waals surface area (Å²) in [5, 5.41) is 8.79. The lowest BCUT2D eigenvalue weighted by Gasteiger charge is -2.34. The standard InChI is InChI=1S/C19H20N4/c1-22-10-12-23(13-11-22)19-8-6-18(7-9-19)21-15-17-4-2-16(14-20)3-5-17/h2-9,15H,10-13H2,1H3. The molecule has 4 nitrogen and oxygen atoms in total. The SMILES string of the molecule is CN1CCN(c2ccc(N=Cc3ccc(C#N)cc3)cc2)CC1. The third-order valence-electron chi connectivity index (χ3n) is 4.12. The van der Waals surface area contributed by atoms with E-state index < -0.39 is 0 Å². The van der Waals surface area contributed by atoms with Gasteiger partial charge >= 0.3 is 0 Å². The van der Waals surface area contributed by atoms with Crippen LogP contribution in [-0.4, -0.2) is 44.3 Å². The highest BCUT2D eigenvalue weighted by atomic mass is 15.2. The average molecular weight is 304 g/mol. The summed E-state index contributed by atoms with van der Waals surface area (Å²) in [6.45, 7) is 4.37. The van der Waals surface area contributed by atoms with Crippen LogP contribution in [0.1, 0.15) is 11.1 Å². The van der Waals surface area contributed by atoms with E-state index in [0.29, 0.717) is 5.56 Å². The second kappa shape index (κ2) is 7.08. The third-order valence-corrected chi connectivity index (χ3v) is 4.12. The Bertz CT molecular complexity index is 703. The Morgan fingerprint density at radius 1 is 0.957 bits per heavy atom. The van der Waals surface area contributed by atoms with Crippen molar-refractivity contribution < 1.29 is 0 Å². The Labute approximate surface area is 137 Å². The minimum absolute atomic E-state index is 0.665. The van der Waals surface area contributed by atoms with Crippen LogP contribution >= 0.6 is 0 Å². The average Bonchev–Trinajstić information content (AvgIpc) is 2.61. The molecule has 23 heavy (non-hydrogen) atoms. The molecule has 1 heterocycles. The number of likely N-dealkylation sites (N-methyl/N-ethyl adjacent to an activating group) is 1. The molecule has 0 unspecified atom stereocenters. The number of anilines is 1. The summed E-state index contributed by atoms with van der Waals surface area (Å²) < 4.78 is 0. The summed E-state index contributed by atoms with van der Waals surface area (Å²) in [5.74, 6) is 0. The van der Waals surface area contributed by atoms with Crippen LogP contribution in [0.25, 0.3) is 0 Å². The van der Waals surface area contributed by atoms with E-state index in [1.807, 2.05) is 30.5 Å². The van der Waals surface area contributed by atoms with Gasteiger partial charge in [0, 0.05) is 38.1 Å². The van der Waals surface area contributed by atoms with Crippen LogP contribution in [0.15, 0.2) is 53.5 Å². The number of aliphatic imine (C=N–C) groups is 1. The highest BCUT2D eigenvalue weighted by molar-refractivity contribution is 5.82. The van der Waals surface area contributed by atoms with Crippen LogP contribution in [0.2, 0.25) is 0 Å². The lowest BCUT2D eigenvalue weighted by atomic mass is 10.2. The fourth-order valence-corrected chi connectivity index (χ4v) is 2.61. The molecule has 1 fully saturated rings. The van der Waals surface area contributed by atoms with Gasteiger partial charge < -0.3 is 9.80 Å². The first kappa shape index (κ1) is 15.3. The van der Waals surface area contributed by atoms with Crippen molar-refractivity contribution in [2.45, 2.75) is 0 Å². The molecule has 1 saturated heterocycles. The Balaban J connectivity index is 1.65. The van der Waals surface area contributed by atoms with Gasteiger partial charge in [-0.3, -0.25) is 4.99 Å². The molecule has 4 heteroatoms. The van der Waals surface area contributed by atoms with Gasteiger partial charge in [-0.15, -0.1) is 0 Å². The number of benzene rings is 2. The number of rotatable bonds is 3. The molecule has 0 aliphatic carbocycles. The molecule has 116 valence electrons. The van der Waals surface area contributed by atoms with Crippen LogP contribution in [0.4, 0.5) is 11.4 Å². The summed E-state index contributed by atoms with van der Waals surface area (Å²) >= 11 is 0. The van der Waals surface area contributed by atoms with Crippen molar-refractivity contribution in [1.82, 2.24) is 4.90 Å². The molecule has 1 aliphatic heterocycles. The highest BCUT2D eigenvalue weighted by Gasteiger charge is 2.13. The van der Waals surface area contributed by atoms with Crippen LogP contribution in [-0.2, 0) is 0 Å². The summed E-state index contributed by atoms with van der Waals surface area (Å²) in [4.78, 5) is 9.26. The van der Waals surface area contributed by atoms with Gasteiger partial charge in [-0.2, -0.15) is 5.26 Å². The Morgan fingerprint density at radius 2 is 1.61 bits per heavy atom. The first-order valence-electron chi connectivity index (χ1n) is 7.82. The maximum Gasteiger partial charge on any atom is 0.0991 e. The predicted octanol–water partition coefficient (Wildman–Crippen LogP) is 3.06. The number of nitrogens with zero attached hydrogens (tertiary/aromatic N) is 4. The van der Waals surface area contributed by atoms with Crippen LogP contribution in [0.3, 0.4) is 0 Å². The molecule has 0 saturated carbocycles. The van der Waals surface area contributed by atoms with E-state index in [-0.39, 0.29) is 0 Å². The lowest BCUT2D eigenvalue weighted by molar-refractivity contribution is 0.313. The Morgan fingerprint density at radius 3 is 2.22 bits per heavy atom. The third kappa shape index (κ3) is 3.97. The topological polar surface area (TPSA) is 42.6 Å². The van der Waals surface area contributed by atoms with Gasteiger partial charge in [-0.05, 0) is 49.0 Å². The second-order valence-electron chi connectivity index (χ2n) is 5.80. The Kier molecular flexibility index (Phi) is 4.70. The van der Waals surface area contributed by atoms with E-state index in [9.17, 15) is 0 Å². The van der Waals surface area contributed by atoms with E-state index in [1.165, 1.54) is 5.69 Å². The van der Waals surface area contributed by atoms with Crippen molar-refractivity contribution >= 4 is 17.6 Å². The van der Waals surface area contributed by atoms with E-state index in [4.69, 9.17) is 5.26 Å². The number of hydrogen-bond acceptors (Lipinski definition) is 4. The minimum Gasteiger partial charge on any atom is -0.369 e. The largest absolute Gasteiger partial charge is 0.369 e. The zero-order valence-electron chi connectivity index (χ0n) is 13.3. The van der Waals surface area contributed by atoms with Gasteiger partial charge in [0.05, 0.1) is 17.3 Å². The zero-order chi connectivity index (χ0) is 16.1. The molecule has 0 amide bonds. The highest BCUT2D eigenvalue weighted by Crippen LogP contribution is 2.21. The summed E-state index contributed by atoms with van der Waals surface area (Å²) in [6, 6.07) is 17.9. The van der Waals surface area contributed by atoms with Crippen molar-refractivity contribution in [2.24, 2.45) is 4.99 Å². The number of piperazine rings is 1. The van der Waals surface area contributed by atoms with Gasteiger partial charge in [0.15, 0.2) is 0 Å². The maximum atomic E-state index is 8.79. The normalized spacial score (nSPS) is 15.7. The van der Waals surface area contributed by atoms with E-state index in [0.717, 1.165) is 37.4 Å². The fraction of sp³-hybridized carbons (Fsp3) is 0.263. The van der Waals surface area contributed by atoms with Crippen molar-refractivity contribution in [3.8, 4) is 6.07 Å². The van der Waals surface area contributed by atoms with Gasteiger partial charge in [0.2, 0.25) is 0 Å². The van der Waals surface area contributed by atoms with Gasteiger partial charge in [-0.1, -0.05) is 12.1 Å². The van der Waals surface area contributed by atoms with E-state index in [2.05, 4.69) is 40.0 Å².